The van der Waals surface area contributed by atoms with Gasteiger partial charge in [0, 0.05) is 22.9 Å². The van der Waals surface area contributed by atoms with E-state index in [0.29, 0.717) is 0 Å². The molecule has 0 N–H and O–H groups in total. The zero-order valence-electron chi connectivity index (χ0n) is 13.8. The van der Waals surface area contributed by atoms with E-state index >= 15 is 0 Å². The predicted molar refractivity (Wildman–Crippen MR) is 99.1 cm³/mol. The number of hydrogen-bond donors (Lipinski definition) is 0. The van der Waals surface area contributed by atoms with Crippen molar-refractivity contribution in [1.82, 2.24) is 0 Å². The molecule has 2 heteroatoms. The summed E-state index contributed by atoms with van der Waals surface area (Å²) in [5.74, 6) is 0. The molecule has 0 saturated carbocycles. The largest absolute Gasteiger partial charge is 0.375 e. The van der Waals surface area contributed by atoms with Crippen molar-refractivity contribution in [3.63, 3.8) is 0 Å². The Morgan fingerprint density at radius 1 is 0.708 bits per heavy atom. The lowest BCUT2D eigenvalue weighted by atomic mass is 9.80. The monoisotopic (exact) mass is 315 g/mol. The molecule has 2 nitrogen and oxygen atoms in total. The fraction of sp³-hybridized carbons (Fsp3) is 0.136. The average molecular weight is 315 g/mol. The summed E-state index contributed by atoms with van der Waals surface area (Å²) in [6.07, 6.45) is 2.62. The van der Waals surface area contributed by atoms with Gasteiger partial charge in [-0.15, -0.1) is 0 Å². The third-order valence-electron chi connectivity index (χ3n) is 3.99. The van der Waals surface area contributed by atoms with Gasteiger partial charge < -0.3 is 4.84 Å². The maximum absolute atomic E-state index is 6.20. The van der Waals surface area contributed by atoms with Gasteiger partial charge in [0.2, 0.25) is 5.60 Å². The van der Waals surface area contributed by atoms with Crippen LogP contribution in [-0.4, -0.2) is 6.21 Å². The first-order chi connectivity index (χ1) is 11.9. The summed E-state index contributed by atoms with van der Waals surface area (Å²) >= 11 is 0. The Labute approximate surface area is 143 Å². The van der Waals surface area contributed by atoms with Gasteiger partial charge in [0.25, 0.3) is 0 Å². The molecular weight excluding hydrogens is 294 g/mol. The zero-order valence-corrected chi connectivity index (χ0v) is 13.8. The minimum atomic E-state index is -0.768. The smallest absolute Gasteiger partial charge is 0.212 e. The maximum atomic E-state index is 6.20. The molecule has 0 aliphatic heterocycles. The Bertz CT molecular complexity index is 670. The number of benzene rings is 3. The molecule has 0 atom stereocenters. The molecule has 0 heterocycles. The Kier molecular flexibility index (Phi) is 5.07. The van der Waals surface area contributed by atoms with Crippen LogP contribution in [0.3, 0.4) is 0 Å². The third kappa shape index (κ3) is 3.09. The molecule has 3 rings (SSSR count). The second-order valence-corrected chi connectivity index (χ2v) is 5.57. The minimum Gasteiger partial charge on any atom is -0.375 e. The van der Waals surface area contributed by atoms with Crippen molar-refractivity contribution in [2.75, 3.05) is 0 Å². The molecule has 0 bridgehead atoms. The molecule has 0 aliphatic rings. The van der Waals surface area contributed by atoms with Crippen LogP contribution >= 0.6 is 0 Å². The van der Waals surface area contributed by atoms with Crippen LogP contribution in [0, 0.1) is 0 Å². The first-order valence-electron chi connectivity index (χ1n) is 8.24. The molecule has 0 amide bonds. The number of oxime groups is 1. The van der Waals surface area contributed by atoms with E-state index in [1.165, 1.54) is 0 Å². The highest BCUT2D eigenvalue weighted by Gasteiger charge is 2.39. The topological polar surface area (TPSA) is 21.6 Å². The quantitative estimate of drug-likeness (QED) is 0.339. The van der Waals surface area contributed by atoms with E-state index in [1.807, 2.05) is 61.5 Å². The fourth-order valence-corrected chi connectivity index (χ4v) is 2.87. The van der Waals surface area contributed by atoms with Gasteiger partial charge in [-0.05, 0) is 6.42 Å². The molecular formula is C22H21NO. The molecule has 0 radical (unpaired) electrons. The van der Waals surface area contributed by atoms with E-state index in [2.05, 4.69) is 41.6 Å². The third-order valence-corrected chi connectivity index (χ3v) is 3.99. The lowest BCUT2D eigenvalue weighted by molar-refractivity contribution is 0.0179. The van der Waals surface area contributed by atoms with E-state index in [1.54, 1.807) is 6.21 Å². The highest BCUT2D eigenvalue weighted by atomic mass is 16.6. The van der Waals surface area contributed by atoms with Crippen LogP contribution in [0.4, 0.5) is 0 Å². The maximum Gasteiger partial charge on any atom is 0.212 e. The van der Waals surface area contributed by atoms with Crippen molar-refractivity contribution < 1.29 is 4.84 Å². The molecule has 0 aliphatic carbocycles. The summed E-state index contributed by atoms with van der Waals surface area (Å²) in [5.41, 5.74) is 2.39. The van der Waals surface area contributed by atoms with E-state index in [4.69, 9.17) is 4.84 Å². The van der Waals surface area contributed by atoms with Gasteiger partial charge in [0.15, 0.2) is 0 Å². The number of hydrogen-bond acceptors (Lipinski definition) is 2. The normalized spacial score (nSPS) is 11.5. The van der Waals surface area contributed by atoms with Gasteiger partial charge >= 0.3 is 0 Å². The Morgan fingerprint density at radius 2 is 1.08 bits per heavy atom. The minimum absolute atomic E-state index is 0.768. The van der Waals surface area contributed by atoms with Crippen LogP contribution in [0.15, 0.2) is 96.2 Å². The summed E-state index contributed by atoms with van der Waals surface area (Å²) < 4.78 is 0. The first kappa shape index (κ1) is 16.0. The standard InChI is InChI=1S/C22H21NO/c1-2-18-23-24-22(19-12-6-3-7-13-19,20-14-8-4-9-15-20)21-16-10-5-11-17-21/h3-18H,2H2,1H3. The molecule has 0 spiro atoms. The van der Waals surface area contributed by atoms with Crippen LogP contribution in [0.25, 0.3) is 0 Å². The van der Waals surface area contributed by atoms with Gasteiger partial charge in [-0.1, -0.05) is 103 Å². The van der Waals surface area contributed by atoms with Crippen molar-refractivity contribution in [3.05, 3.63) is 108 Å². The van der Waals surface area contributed by atoms with Crippen LogP contribution in [0.5, 0.6) is 0 Å². The summed E-state index contributed by atoms with van der Waals surface area (Å²) in [6.45, 7) is 2.04. The SMILES string of the molecule is CCC=NOC(c1ccccc1)(c1ccccc1)c1ccccc1. The summed E-state index contributed by atoms with van der Waals surface area (Å²) in [5, 5.41) is 4.27. The lowest BCUT2D eigenvalue weighted by Gasteiger charge is -2.33. The van der Waals surface area contributed by atoms with Gasteiger partial charge in [-0.2, -0.15) is 0 Å². The Hall–Kier alpha value is -2.87. The van der Waals surface area contributed by atoms with Crippen molar-refractivity contribution in [1.29, 1.82) is 0 Å². The number of nitrogens with zero attached hydrogens (tertiary/aromatic N) is 1. The second-order valence-electron chi connectivity index (χ2n) is 5.57. The Morgan fingerprint density at radius 3 is 1.42 bits per heavy atom. The molecule has 3 aromatic carbocycles. The van der Waals surface area contributed by atoms with Crippen LogP contribution < -0.4 is 0 Å². The zero-order chi connectivity index (χ0) is 16.7. The summed E-state index contributed by atoms with van der Waals surface area (Å²) in [6, 6.07) is 30.7. The van der Waals surface area contributed by atoms with Crippen molar-refractivity contribution in [3.8, 4) is 0 Å². The highest BCUT2D eigenvalue weighted by Crippen LogP contribution is 2.40. The van der Waals surface area contributed by atoms with Crippen molar-refractivity contribution >= 4 is 6.21 Å². The molecule has 0 saturated heterocycles. The summed E-state index contributed by atoms with van der Waals surface area (Å²) in [4.78, 5) is 6.20. The van der Waals surface area contributed by atoms with Crippen LogP contribution in [-0.2, 0) is 10.4 Å². The van der Waals surface area contributed by atoms with Gasteiger partial charge in [0.1, 0.15) is 0 Å². The van der Waals surface area contributed by atoms with E-state index in [-0.39, 0.29) is 0 Å². The molecule has 24 heavy (non-hydrogen) atoms. The van der Waals surface area contributed by atoms with E-state index in [9.17, 15) is 0 Å². The molecule has 0 unspecified atom stereocenters. The molecule has 120 valence electrons. The van der Waals surface area contributed by atoms with Crippen molar-refractivity contribution in [2.45, 2.75) is 18.9 Å². The molecule has 0 aromatic heterocycles. The van der Waals surface area contributed by atoms with Crippen LogP contribution in [0.1, 0.15) is 30.0 Å². The summed E-state index contributed by atoms with van der Waals surface area (Å²) in [7, 11) is 0. The fourth-order valence-electron chi connectivity index (χ4n) is 2.87. The van der Waals surface area contributed by atoms with Crippen LogP contribution in [0.2, 0.25) is 0 Å². The number of rotatable bonds is 6. The van der Waals surface area contributed by atoms with Gasteiger partial charge in [-0.25, -0.2) is 0 Å². The van der Waals surface area contributed by atoms with E-state index in [0.717, 1.165) is 23.1 Å². The van der Waals surface area contributed by atoms with Crippen molar-refractivity contribution in [2.24, 2.45) is 5.16 Å². The Balaban J connectivity index is 2.26. The van der Waals surface area contributed by atoms with E-state index < -0.39 is 5.60 Å². The predicted octanol–water partition coefficient (Wildman–Crippen LogP) is 5.39. The second kappa shape index (κ2) is 7.60. The molecule has 3 aromatic rings. The first-order valence-corrected chi connectivity index (χ1v) is 8.24. The lowest BCUT2D eigenvalue weighted by Crippen LogP contribution is -2.31. The van der Waals surface area contributed by atoms with Gasteiger partial charge in [0.05, 0.1) is 0 Å². The van der Waals surface area contributed by atoms with Gasteiger partial charge in [-0.3, -0.25) is 0 Å². The highest BCUT2D eigenvalue weighted by molar-refractivity contribution is 5.56. The average Bonchev–Trinajstić information content (AvgIpc) is 2.68. The molecule has 0 fully saturated rings.